The van der Waals surface area contributed by atoms with Crippen molar-refractivity contribution >= 4 is 38.7 Å². The van der Waals surface area contributed by atoms with Gasteiger partial charge in [-0.25, -0.2) is 4.98 Å². The maximum Gasteiger partial charge on any atom is 0.295 e. The molecule has 0 saturated heterocycles. The maximum absolute atomic E-state index is 10.8. The number of pyridine rings is 1. The van der Waals surface area contributed by atoms with E-state index in [1.54, 1.807) is 6.07 Å². The Labute approximate surface area is 99.7 Å². The second kappa shape index (κ2) is 3.71. The van der Waals surface area contributed by atoms with E-state index in [9.17, 15) is 10.1 Å². The van der Waals surface area contributed by atoms with Crippen LogP contribution >= 0.6 is 15.9 Å². The monoisotopic (exact) mass is 281 g/mol. The number of hydrogen-bond acceptors (Lipinski definition) is 3. The first-order valence-corrected chi connectivity index (χ1v) is 5.26. The van der Waals surface area contributed by atoms with Gasteiger partial charge in [0.1, 0.15) is 11.8 Å². The normalized spacial score (nSPS) is 10.6. The van der Waals surface area contributed by atoms with E-state index < -0.39 is 4.92 Å². The summed E-state index contributed by atoms with van der Waals surface area (Å²) in [7, 11) is 1.83. The largest absolute Gasteiger partial charge is 0.323 e. The first-order chi connectivity index (χ1) is 7.56. The summed E-state index contributed by atoms with van der Waals surface area (Å²) >= 11 is 3.35. The summed E-state index contributed by atoms with van der Waals surface area (Å²) < 4.78 is 2.63. The van der Waals surface area contributed by atoms with Gasteiger partial charge in [0.05, 0.1) is 15.1 Å². The standard InChI is InChI=1S/C10H8BrN3O2/c1-3-6-7-4-9(11)13(2)10(7)12-5-8(6)14(15)16/h3-5H,1H2,2H3. The summed E-state index contributed by atoms with van der Waals surface area (Å²) in [5.41, 5.74) is 1.16. The molecule has 0 aliphatic heterocycles. The van der Waals surface area contributed by atoms with Gasteiger partial charge in [0, 0.05) is 12.4 Å². The minimum Gasteiger partial charge on any atom is -0.323 e. The zero-order chi connectivity index (χ0) is 11.9. The number of halogens is 1. The fraction of sp³-hybridized carbons (Fsp3) is 0.100. The van der Waals surface area contributed by atoms with E-state index in [1.807, 2.05) is 11.6 Å². The van der Waals surface area contributed by atoms with Gasteiger partial charge in [-0.3, -0.25) is 10.1 Å². The molecule has 0 aliphatic carbocycles. The molecule has 0 amide bonds. The zero-order valence-corrected chi connectivity index (χ0v) is 10.1. The van der Waals surface area contributed by atoms with Gasteiger partial charge >= 0.3 is 0 Å². The maximum atomic E-state index is 10.8. The molecule has 2 aromatic heterocycles. The Bertz CT molecular complexity index is 604. The van der Waals surface area contributed by atoms with Crippen LogP contribution in [0.3, 0.4) is 0 Å². The third-order valence-corrected chi connectivity index (χ3v) is 3.18. The summed E-state index contributed by atoms with van der Waals surface area (Å²) in [5, 5.41) is 11.5. The van der Waals surface area contributed by atoms with Crippen molar-refractivity contribution in [2.45, 2.75) is 0 Å². The van der Waals surface area contributed by atoms with Crippen LogP contribution in [0.4, 0.5) is 5.69 Å². The molecule has 82 valence electrons. The Morgan fingerprint density at radius 1 is 1.69 bits per heavy atom. The topological polar surface area (TPSA) is 61.0 Å². The summed E-state index contributed by atoms with van der Waals surface area (Å²) in [5.74, 6) is 0. The van der Waals surface area contributed by atoms with Crippen molar-refractivity contribution in [2.75, 3.05) is 0 Å². The van der Waals surface area contributed by atoms with Gasteiger partial charge in [-0.15, -0.1) is 0 Å². The highest BCUT2D eigenvalue weighted by Crippen LogP contribution is 2.30. The number of aromatic nitrogens is 2. The third kappa shape index (κ3) is 1.42. The van der Waals surface area contributed by atoms with Gasteiger partial charge < -0.3 is 4.57 Å². The van der Waals surface area contributed by atoms with E-state index in [0.717, 1.165) is 9.99 Å². The Morgan fingerprint density at radius 2 is 2.38 bits per heavy atom. The molecule has 0 bridgehead atoms. The molecule has 0 spiro atoms. The van der Waals surface area contributed by atoms with Crippen molar-refractivity contribution in [3.05, 3.63) is 39.1 Å². The predicted octanol–water partition coefficient (Wildman–Crippen LogP) is 2.89. The SMILES string of the molecule is C=Cc1c([N+](=O)[O-])cnc2c1cc(Br)n2C. The average molecular weight is 282 g/mol. The lowest BCUT2D eigenvalue weighted by atomic mass is 10.1. The van der Waals surface area contributed by atoms with Crippen LogP contribution in [0.2, 0.25) is 0 Å². The molecular weight excluding hydrogens is 274 g/mol. The van der Waals surface area contributed by atoms with Crippen molar-refractivity contribution in [2.24, 2.45) is 7.05 Å². The van der Waals surface area contributed by atoms with Crippen LogP contribution in [0.25, 0.3) is 17.1 Å². The molecule has 0 atom stereocenters. The number of nitro groups is 1. The highest BCUT2D eigenvalue weighted by atomic mass is 79.9. The fourth-order valence-electron chi connectivity index (χ4n) is 1.61. The lowest BCUT2D eigenvalue weighted by Gasteiger charge is -2.00. The molecule has 5 nitrogen and oxygen atoms in total. The van der Waals surface area contributed by atoms with Crippen LogP contribution in [0.15, 0.2) is 23.4 Å². The van der Waals surface area contributed by atoms with E-state index in [1.165, 1.54) is 12.3 Å². The summed E-state index contributed by atoms with van der Waals surface area (Å²) in [4.78, 5) is 14.4. The second-order valence-electron chi connectivity index (χ2n) is 3.28. The summed E-state index contributed by atoms with van der Waals surface area (Å²) in [6, 6.07) is 1.80. The van der Waals surface area contributed by atoms with Crippen LogP contribution in [-0.2, 0) is 7.05 Å². The first kappa shape index (κ1) is 10.8. The molecule has 0 aromatic carbocycles. The average Bonchev–Trinajstić information content (AvgIpc) is 2.54. The van der Waals surface area contributed by atoms with Crippen molar-refractivity contribution in [1.82, 2.24) is 9.55 Å². The second-order valence-corrected chi connectivity index (χ2v) is 4.09. The first-order valence-electron chi connectivity index (χ1n) is 4.47. The zero-order valence-electron chi connectivity index (χ0n) is 8.48. The van der Waals surface area contributed by atoms with E-state index in [0.29, 0.717) is 11.2 Å². The summed E-state index contributed by atoms with van der Waals surface area (Å²) in [6.45, 7) is 3.61. The molecule has 2 rings (SSSR count). The van der Waals surface area contributed by atoms with Crippen molar-refractivity contribution < 1.29 is 4.92 Å². The Morgan fingerprint density at radius 3 is 2.94 bits per heavy atom. The Hall–Kier alpha value is -1.69. The molecular formula is C10H8BrN3O2. The number of fused-ring (bicyclic) bond motifs is 1. The van der Waals surface area contributed by atoms with Crippen LogP contribution in [0.5, 0.6) is 0 Å². The number of aryl methyl sites for hydroxylation is 1. The highest BCUT2D eigenvalue weighted by molar-refractivity contribution is 9.10. The molecule has 0 radical (unpaired) electrons. The lowest BCUT2D eigenvalue weighted by molar-refractivity contribution is -0.385. The quantitative estimate of drug-likeness (QED) is 0.628. The van der Waals surface area contributed by atoms with Crippen LogP contribution in [0.1, 0.15) is 5.56 Å². The molecule has 0 aliphatic rings. The summed E-state index contributed by atoms with van der Waals surface area (Å²) in [6.07, 6.45) is 2.74. The fourth-order valence-corrected chi connectivity index (χ4v) is 2.00. The van der Waals surface area contributed by atoms with Gasteiger partial charge in [-0.05, 0) is 22.0 Å². The highest BCUT2D eigenvalue weighted by Gasteiger charge is 2.18. The molecule has 0 fully saturated rings. The van der Waals surface area contributed by atoms with Crippen LogP contribution in [0, 0.1) is 10.1 Å². The molecule has 16 heavy (non-hydrogen) atoms. The van der Waals surface area contributed by atoms with E-state index in [4.69, 9.17) is 0 Å². The van der Waals surface area contributed by atoms with Crippen molar-refractivity contribution in [3.8, 4) is 0 Å². The minimum atomic E-state index is -0.454. The minimum absolute atomic E-state index is 0.0272. The molecule has 6 heteroatoms. The molecule has 2 heterocycles. The Kier molecular flexibility index (Phi) is 2.51. The molecule has 2 aromatic rings. The van der Waals surface area contributed by atoms with E-state index in [-0.39, 0.29) is 5.69 Å². The third-order valence-electron chi connectivity index (χ3n) is 2.42. The van der Waals surface area contributed by atoms with Crippen molar-refractivity contribution in [3.63, 3.8) is 0 Å². The molecule has 0 N–H and O–H groups in total. The smallest absolute Gasteiger partial charge is 0.295 e. The number of hydrogen-bond donors (Lipinski definition) is 0. The van der Waals surface area contributed by atoms with Gasteiger partial charge in [0.15, 0.2) is 0 Å². The van der Waals surface area contributed by atoms with Crippen molar-refractivity contribution in [1.29, 1.82) is 0 Å². The van der Waals surface area contributed by atoms with E-state index >= 15 is 0 Å². The van der Waals surface area contributed by atoms with Crippen LogP contribution < -0.4 is 0 Å². The molecule has 0 saturated carbocycles. The van der Waals surface area contributed by atoms with E-state index in [2.05, 4.69) is 27.5 Å². The van der Waals surface area contributed by atoms with Gasteiger partial charge in [-0.2, -0.15) is 0 Å². The number of rotatable bonds is 2. The van der Waals surface area contributed by atoms with Gasteiger partial charge in [-0.1, -0.05) is 12.7 Å². The lowest BCUT2D eigenvalue weighted by Crippen LogP contribution is -1.95. The van der Waals surface area contributed by atoms with Gasteiger partial charge in [0.25, 0.3) is 5.69 Å². The predicted molar refractivity (Wildman–Crippen MR) is 65.2 cm³/mol. The number of nitrogens with zero attached hydrogens (tertiary/aromatic N) is 3. The van der Waals surface area contributed by atoms with Crippen LogP contribution in [-0.4, -0.2) is 14.5 Å². The van der Waals surface area contributed by atoms with Gasteiger partial charge in [0.2, 0.25) is 0 Å². The Balaban J connectivity index is 2.91. The molecule has 0 unspecified atom stereocenters.